The summed E-state index contributed by atoms with van der Waals surface area (Å²) in [5.41, 5.74) is 0.699. The summed E-state index contributed by atoms with van der Waals surface area (Å²) in [7, 11) is 0. The number of nitrogens with one attached hydrogen (secondary N) is 2. The van der Waals surface area contributed by atoms with Crippen LogP contribution in [0, 0.1) is 5.82 Å². The van der Waals surface area contributed by atoms with Crippen molar-refractivity contribution in [2.45, 2.75) is 20.0 Å². The van der Waals surface area contributed by atoms with E-state index in [0.717, 1.165) is 4.57 Å². The number of anilines is 2. The quantitative estimate of drug-likeness (QED) is 0.462. The average Bonchev–Trinajstić information content (AvgIpc) is 2.80. The Morgan fingerprint density at radius 2 is 1.53 bits per heavy atom. The van der Waals surface area contributed by atoms with Gasteiger partial charge in [0.1, 0.15) is 12.4 Å². The molecule has 0 atom stereocenters. The third-order valence-corrected chi connectivity index (χ3v) is 5.15. The molecule has 0 saturated heterocycles. The maximum atomic E-state index is 13.3. The minimum Gasteiger partial charge on any atom is -0.326 e. The first-order valence-corrected chi connectivity index (χ1v) is 10.5. The predicted molar refractivity (Wildman–Crippen MR) is 127 cm³/mol. The molecule has 0 aliphatic carbocycles. The van der Waals surface area contributed by atoms with Gasteiger partial charge in [-0.2, -0.15) is 0 Å². The summed E-state index contributed by atoms with van der Waals surface area (Å²) in [5.74, 6) is -1.16. The van der Waals surface area contributed by atoms with Crippen LogP contribution >= 0.6 is 0 Å². The number of fused-ring (bicyclic) bond motifs is 1. The van der Waals surface area contributed by atoms with Crippen LogP contribution in [0.2, 0.25) is 0 Å². The van der Waals surface area contributed by atoms with Crippen LogP contribution in [0.4, 0.5) is 15.8 Å². The average molecular weight is 460 g/mol. The molecule has 3 aromatic carbocycles. The van der Waals surface area contributed by atoms with Crippen LogP contribution in [0.3, 0.4) is 0 Å². The Balaban J connectivity index is 1.68. The van der Waals surface area contributed by atoms with Crippen molar-refractivity contribution in [3.8, 4) is 0 Å². The third-order valence-electron chi connectivity index (χ3n) is 5.15. The first kappa shape index (κ1) is 22.7. The van der Waals surface area contributed by atoms with E-state index < -0.39 is 23.0 Å². The van der Waals surface area contributed by atoms with Crippen LogP contribution in [0.15, 0.2) is 82.4 Å². The number of hydrogen-bond acceptors (Lipinski definition) is 4. The Hall–Kier alpha value is -4.53. The second-order valence-corrected chi connectivity index (χ2v) is 7.71. The van der Waals surface area contributed by atoms with E-state index in [0.29, 0.717) is 22.5 Å². The summed E-state index contributed by atoms with van der Waals surface area (Å²) < 4.78 is 15.5. The van der Waals surface area contributed by atoms with Gasteiger partial charge in [-0.05, 0) is 48.0 Å². The lowest BCUT2D eigenvalue weighted by Gasteiger charge is -2.14. The Morgan fingerprint density at radius 1 is 0.853 bits per heavy atom. The molecule has 1 aromatic heterocycles. The molecule has 9 heteroatoms. The van der Waals surface area contributed by atoms with E-state index in [2.05, 4.69) is 10.6 Å². The number of nitrogens with zero attached hydrogens (tertiary/aromatic N) is 2. The highest BCUT2D eigenvalue weighted by atomic mass is 19.1. The molecule has 0 unspecified atom stereocenters. The molecular formula is C25H21FN4O4. The van der Waals surface area contributed by atoms with E-state index in [4.69, 9.17) is 0 Å². The lowest BCUT2D eigenvalue weighted by Crippen LogP contribution is -2.42. The van der Waals surface area contributed by atoms with E-state index in [-0.39, 0.29) is 24.4 Å². The minimum absolute atomic E-state index is 0.0663. The highest BCUT2D eigenvalue weighted by Crippen LogP contribution is 2.15. The van der Waals surface area contributed by atoms with Crippen LogP contribution in [-0.4, -0.2) is 20.9 Å². The van der Waals surface area contributed by atoms with Gasteiger partial charge in [0.05, 0.1) is 17.4 Å². The van der Waals surface area contributed by atoms with Gasteiger partial charge in [0.15, 0.2) is 0 Å². The molecule has 2 amide bonds. The number of rotatable bonds is 6. The molecule has 0 radical (unpaired) electrons. The molecular weight excluding hydrogens is 439 g/mol. The van der Waals surface area contributed by atoms with Gasteiger partial charge in [-0.3, -0.25) is 23.5 Å². The maximum absolute atomic E-state index is 13.3. The molecule has 172 valence electrons. The normalized spacial score (nSPS) is 10.8. The molecule has 2 N–H and O–H groups in total. The predicted octanol–water partition coefficient (Wildman–Crippen LogP) is 2.95. The largest absolute Gasteiger partial charge is 0.332 e. The van der Waals surface area contributed by atoms with E-state index in [9.17, 15) is 23.6 Å². The summed E-state index contributed by atoms with van der Waals surface area (Å²) in [6.45, 7) is 0.972. The Kier molecular flexibility index (Phi) is 6.35. The monoisotopic (exact) mass is 460 g/mol. The zero-order valence-corrected chi connectivity index (χ0v) is 18.2. The van der Waals surface area contributed by atoms with Crippen molar-refractivity contribution in [1.82, 2.24) is 9.13 Å². The zero-order valence-electron chi connectivity index (χ0n) is 18.2. The van der Waals surface area contributed by atoms with Gasteiger partial charge < -0.3 is 10.6 Å². The van der Waals surface area contributed by atoms with Gasteiger partial charge in [-0.1, -0.05) is 30.3 Å². The van der Waals surface area contributed by atoms with Crippen molar-refractivity contribution in [1.29, 1.82) is 0 Å². The van der Waals surface area contributed by atoms with E-state index in [1.807, 2.05) is 0 Å². The highest BCUT2D eigenvalue weighted by molar-refractivity contribution is 5.93. The Morgan fingerprint density at radius 3 is 2.24 bits per heavy atom. The molecule has 1 heterocycles. The first-order chi connectivity index (χ1) is 16.3. The summed E-state index contributed by atoms with van der Waals surface area (Å²) >= 11 is 0. The summed E-state index contributed by atoms with van der Waals surface area (Å²) in [6.07, 6.45) is 0. The molecule has 4 rings (SSSR count). The van der Waals surface area contributed by atoms with Gasteiger partial charge in [0.25, 0.3) is 5.56 Å². The standard InChI is InChI=1S/C25H21FN4O4/c1-16(31)27-19-5-4-6-20(13-19)28-23(32)15-29-22-8-3-2-7-21(22)24(33)30(25(29)34)14-17-9-11-18(26)12-10-17/h2-13H,14-15H2,1H3,(H,27,31)(H,28,32). The van der Waals surface area contributed by atoms with Crippen LogP contribution in [0.25, 0.3) is 10.9 Å². The molecule has 0 spiro atoms. The van der Waals surface area contributed by atoms with Crippen molar-refractivity contribution >= 4 is 34.1 Å². The number of halogens is 1. The van der Waals surface area contributed by atoms with E-state index >= 15 is 0 Å². The smallest absolute Gasteiger partial charge is 0.326 e. The van der Waals surface area contributed by atoms with Crippen molar-refractivity contribution in [2.24, 2.45) is 0 Å². The highest BCUT2D eigenvalue weighted by Gasteiger charge is 2.16. The van der Waals surface area contributed by atoms with Crippen LogP contribution in [-0.2, 0) is 22.7 Å². The summed E-state index contributed by atoms with van der Waals surface area (Å²) in [4.78, 5) is 50.4. The summed E-state index contributed by atoms with van der Waals surface area (Å²) in [6, 6.07) is 18.6. The number of hydrogen-bond donors (Lipinski definition) is 2. The van der Waals surface area contributed by atoms with E-state index in [1.165, 1.54) is 35.8 Å². The lowest BCUT2D eigenvalue weighted by atomic mass is 10.2. The van der Waals surface area contributed by atoms with Gasteiger partial charge in [0, 0.05) is 18.3 Å². The number of aromatic nitrogens is 2. The second-order valence-electron chi connectivity index (χ2n) is 7.71. The second kappa shape index (κ2) is 9.53. The molecule has 8 nitrogen and oxygen atoms in total. The minimum atomic E-state index is -0.657. The van der Waals surface area contributed by atoms with E-state index in [1.54, 1.807) is 48.5 Å². The van der Waals surface area contributed by atoms with Gasteiger partial charge >= 0.3 is 5.69 Å². The van der Waals surface area contributed by atoms with Crippen LogP contribution in [0.5, 0.6) is 0 Å². The number of carbonyl (C=O) groups excluding carboxylic acids is 2. The fourth-order valence-corrected chi connectivity index (χ4v) is 3.66. The molecule has 0 fully saturated rings. The fraction of sp³-hybridized carbons (Fsp3) is 0.120. The van der Waals surface area contributed by atoms with Crippen molar-refractivity contribution in [3.63, 3.8) is 0 Å². The molecule has 0 aliphatic rings. The van der Waals surface area contributed by atoms with Crippen molar-refractivity contribution < 1.29 is 14.0 Å². The summed E-state index contributed by atoms with van der Waals surface area (Å²) in [5, 5.41) is 5.62. The number of benzene rings is 3. The lowest BCUT2D eigenvalue weighted by molar-refractivity contribution is -0.117. The third kappa shape index (κ3) is 4.93. The molecule has 0 bridgehead atoms. The molecule has 34 heavy (non-hydrogen) atoms. The van der Waals surface area contributed by atoms with Gasteiger partial charge in [-0.25, -0.2) is 9.18 Å². The maximum Gasteiger partial charge on any atom is 0.332 e. The Labute approximate surface area is 193 Å². The number of amides is 2. The van der Waals surface area contributed by atoms with Crippen molar-refractivity contribution in [2.75, 3.05) is 10.6 Å². The Bertz CT molecular complexity index is 1510. The zero-order chi connectivity index (χ0) is 24.2. The number of para-hydroxylation sites is 1. The molecule has 0 aliphatic heterocycles. The topological polar surface area (TPSA) is 102 Å². The van der Waals surface area contributed by atoms with Crippen LogP contribution < -0.4 is 21.9 Å². The fourth-order valence-electron chi connectivity index (χ4n) is 3.66. The SMILES string of the molecule is CC(=O)Nc1cccc(NC(=O)Cn2c(=O)n(Cc3ccc(F)cc3)c(=O)c3ccccc32)c1. The molecule has 0 saturated carbocycles. The van der Waals surface area contributed by atoms with Crippen LogP contribution in [0.1, 0.15) is 12.5 Å². The van der Waals surface area contributed by atoms with Crippen molar-refractivity contribution in [3.05, 3.63) is 105 Å². The van der Waals surface area contributed by atoms with Gasteiger partial charge in [-0.15, -0.1) is 0 Å². The van der Waals surface area contributed by atoms with Gasteiger partial charge in [0.2, 0.25) is 11.8 Å². The first-order valence-electron chi connectivity index (χ1n) is 10.5. The molecule has 4 aromatic rings. The number of carbonyl (C=O) groups is 2.